The van der Waals surface area contributed by atoms with Gasteiger partial charge in [-0.3, -0.25) is 4.79 Å². The quantitative estimate of drug-likeness (QED) is 0.540. The van der Waals surface area contributed by atoms with Crippen LogP contribution in [-0.4, -0.2) is 18.1 Å². The minimum absolute atomic E-state index is 0.443. The lowest BCUT2D eigenvalue weighted by atomic mass is 9.99. The molecule has 0 saturated heterocycles. The summed E-state index contributed by atoms with van der Waals surface area (Å²) in [5.41, 5.74) is 0. The van der Waals surface area contributed by atoms with Gasteiger partial charge in [0.2, 0.25) is 5.92 Å². The number of alkyl halides is 6. The number of terminal acetylenes is 1. The van der Waals surface area contributed by atoms with Gasteiger partial charge in [0.25, 0.3) is 0 Å². The van der Waals surface area contributed by atoms with Crippen molar-refractivity contribution in [2.24, 2.45) is 5.92 Å². The molecule has 86 valence electrons. The number of hydrogen-bond acceptors (Lipinski definition) is 1. The Kier molecular flexibility index (Phi) is 4.19. The zero-order chi connectivity index (χ0) is 12.3. The Morgan fingerprint density at radius 1 is 1.13 bits per heavy atom. The average molecular weight is 232 g/mol. The van der Waals surface area contributed by atoms with Crippen LogP contribution in [0.15, 0.2) is 0 Å². The Hall–Kier alpha value is -1.19. The maximum Gasteiger partial charge on any atom is 0.407 e. The second-order valence-electron chi connectivity index (χ2n) is 2.69. The SMILES string of the molecule is C#CCCC(=O)C(C(F)(F)F)C(F)(F)F. The minimum atomic E-state index is -5.62. The summed E-state index contributed by atoms with van der Waals surface area (Å²) in [6.45, 7) is 0. The maximum absolute atomic E-state index is 11.9. The van der Waals surface area contributed by atoms with E-state index in [2.05, 4.69) is 6.42 Å². The third kappa shape index (κ3) is 4.23. The standard InChI is InChI=1S/C8H6F6O/c1-2-3-4-5(15)6(7(9,10)11)8(12,13)14/h1,6H,3-4H2. The van der Waals surface area contributed by atoms with Crippen LogP contribution in [0, 0.1) is 18.3 Å². The molecule has 0 N–H and O–H groups in total. The first kappa shape index (κ1) is 13.8. The molecule has 0 saturated carbocycles. The molecule has 0 aliphatic heterocycles. The summed E-state index contributed by atoms with van der Waals surface area (Å²) in [6, 6.07) is 0. The first-order valence-electron chi connectivity index (χ1n) is 3.70. The molecule has 0 rings (SSSR count). The van der Waals surface area contributed by atoms with Crippen LogP contribution in [0.5, 0.6) is 0 Å². The van der Waals surface area contributed by atoms with Gasteiger partial charge in [0.15, 0.2) is 5.78 Å². The van der Waals surface area contributed by atoms with Crippen LogP contribution >= 0.6 is 0 Å². The highest BCUT2D eigenvalue weighted by Gasteiger charge is 2.60. The third-order valence-electron chi connectivity index (χ3n) is 1.49. The largest absolute Gasteiger partial charge is 0.407 e. The fraction of sp³-hybridized carbons (Fsp3) is 0.625. The van der Waals surface area contributed by atoms with E-state index in [9.17, 15) is 31.1 Å². The fourth-order valence-corrected chi connectivity index (χ4v) is 0.890. The molecule has 0 radical (unpaired) electrons. The summed E-state index contributed by atoms with van der Waals surface area (Å²) in [6.07, 6.45) is -7.99. The highest BCUT2D eigenvalue weighted by Crippen LogP contribution is 2.40. The van der Waals surface area contributed by atoms with Crippen molar-refractivity contribution in [2.75, 3.05) is 0 Å². The molecule has 1 nitrogen and oxygen atoms in total. The zero-order valence-electron chi connectivity index (χ0n) is 7.24. The van der Waals surface area contributed by atoms with E-state index in [-0.39, 0.29) is 0 Å². The second kappa shape index (κ2) is 4.55. The van der Waals surface area contributed by atoms with Crippen LogP contribution in [0.2, 0.25) is 0 Å². The number of Topliss-reactive ketones (excluding diaryl/α,β-unsaturated/α-hetero) is 1. The normalized spacial score (nSPS) is 12.7. The molecule has 0 aliphatic rings. The highest BCUT2D eigenvalue weighted by molar-refractivity contribution is 5.82. The molecule has 15 heavy (non-hydrogen) atoms. The van der Waals surface area contributed by atoms with E-state index in [1.165, 1.54) is 0 Å². The Bertz CT molecular complexity index is 254. The minimum Gasteiger partial charge on any atom is -0.299 e. The van der Waals surface area contributed by atoms with Crippen molar-refractivity contribution in [3.8, 4) is 12.3 Å². The number of hydrogen-bond donors (Lipinski definition) is 0. The van der Waals surface area contributed by atoms with Crippen LogP contribution in [0.25, 0.3) is 0 Å². The average Bonchev–Trinajstić information content (AvgIpc) is 1.94. The van der Waals surface area contributed by atoms with E-state index in [4.69, 9.17) is 0 Å². The van der Waals surface area contributed by atoms with Crippen molar-refractivity contribution in [3.05, 3.63) is 0 Å². The molecule has 0 atom stereocenters. The van der Waals surface area contributed by atoms with Crippen molar-refractivity contribution < 1.29 is 31.1 Å². The first-order valence-corrected chi connectivity index (χ1v) is 3.70. The Balaban J connectivity index is 4.83. The van der Waals surface area contributed by atoms with E-state index < -0.39 is 36.9 Å². The summed E-state index contributed by atoms with van der Waals surface area (Å²) in [5, 5.41) is 0. The van der Waals surface area contributed by atoms with Crippen LogP contribution in [0.4, 0.5) is 26.3 Å². The topological polar surface area (TPSA) is 17.1 Å². The van der Waals surface area contributed by atoms with Gasteiger partial charge in [-0.25, -0.2) is 0 Å². The van der Waals surface area contributed by atoms with Crippen molar-refractivity contribution in [1.82, 2.24) is 0 Å². The number of ketones is 1. The molecular formula is C8H6F6O. The summed E-state index contributed by atoms with van der Waals surface area (Å²) < 4.78 is 71.4. The monoisotopic (exact) mass is 232 g/mol. The lowest BCUT2D eigenvalue weighted by molar-refractivity contribution is -0.273. The summed E-state index contributed by atoms with van der Waals surface area (Å²) in [5.74, 6) is -4.08. The molecule has 0 spiro atoms. The van der Waals surface area contributed by atoms with Crippen LogP contribution in [0.1, 0.15) is 12.8 Å². The third-order valence-corrected chi connectivity index (χ3v) is 1.49. The summed E-state index contributed by atoms with van der Waals surface area (Å²) in [4.78, 5) is 10.7. The van der Waals surface area contributed by atoms with E-state index in [0.29, 0.717) is 0 Å². The Morgan fingerprint density at radius 3 is 1.80 bits per heavy atom. The predicted octanol–water partition coefficient (Wildman–Crippen LogP) is 2.71. The molecule has 0 unspecified atom stereocenters. The van der Waals surface area contributed by atoms with Gasteiger partial charge in [0, 0.05) is 12.8 Å². The van der Waals surface area contributed by atoms with Gasteiger partial charge in [-0.05, 0) is 0 Å². The van der Waals surface area contributed by atoms with Gasteiger partial charge >= 0.3 is 12.4 Å². The summed E-state index contributed by atoms with van der Waals surface area (Å²) in [7, 11) is 0. The van der Waals surface area contributed by atoms with Crippen molar-refractivity contribution in [2.45, 2.75) is 25.2 Å². The molecule has 0 fully saturated rings. The van der Waals surface area contributed by atoms with E-state index in [1.807, 2.05) is 0 Å². The molecule has 0 aromatic heterocycles. The molecule has 0 aromatic carbocycles. The molecule has 0 bridgehead atoms. The molecule has 0 aliphatic carbocycles. The Labute approximate surface area is 81.4 Å². The maximum atomic E-state index is 11.9. The van der Waals surface area contributed by atoms with Gasteiger partial charge in [0.1, 0.15) is 0 Å². The van der Waals surface area contributed by atoms with E-state index >= 15 is 0 Å². The van der Waals surface area contributed by atoms with Crippen LogP contribution in [0.3, 0.4) is 0 Å². The van der Waals surface area contributed by atoms with Crippen LogP contribution < -0.4 is 0 Å². The van der Waals surface area contributed by atoms with Crippen LogP contribution in [-0.2, 0) is 4.79 Å². The predicted molar refractivity (Wildman–Crippen MR) is 38.7 cm³/mol. The number of carbonyl (C=O) groups excluding carboxylic acids is 1. The molecule has 7 heteroatoms. The van der Waals surface area contributed by atoms with Crippen molar-refractivity contribution >= 4 is 5.78 Å². The van der Waals surface area contributed by atoms with Crippen molar-refractivity contribution in [1.29, 1.82) is 0 Å². The highest BCUT2D eigenvalue weighted by atomic mass is 19.4. The van der Waals surface area contributed by atoms with E-state index in [0.717, 1.165) is 0 Å². The van der Waals surface area contributed by atoms with Gasteiger partial charge in [-0.1, -0.05) is 0 Å². The lowest BCUT2D eigenvalue weighted by Crippen LogP contribution is -2.42. The van der Waals surface area contributed by atoms with Gasteiger partial charge in [-0.15, -0.1) is 12.3 Å². The lowest BCUT2D eigenvalue weighted by Gasteiger charge is -2.21. The molecular weight excluding hydrogens is 226 g/mol. The Morgan fingerprint density at radius 2 is 1.53 bits per heavy atom. The molecule has 0 amide bonds. The van der Waals surface area contributed by atoms with E-state index in [1.54, 1.807) is 5.92 Å². The number of halogens is 6. The van der Waals surface area contributed by atoms with Crippen molar-refractivity contribution in [3.63, 3.8) is 0 Å². The fourth-order valence-electron chi connectivity index (χ4n) is 0.890. The van der Waals surface area contributed by atoms with Gasteiger partial charge < -0.3 is 0 Å². The first-order chi connectivity index (χ1) is 6.60. The second-order valence-corrected chi connectivity index (χ2v) is 2.69. The summed E-state index contributed by atoms with van der Waals surface area (Å²) >= 11 is 0. The zero-order valence-corrected chi connectivity index (χ0v) is 7.24. The smallest absolute Gasteiger partial charge is 0.299 e. The number of carbonyl (C=O) groups is 1. The molecule has 0 heterocycles. The number of rotatable bonds is 3. The van der Waals surface area contributed by atoms with Gasteiger partial charge in [0.05, 0.1) is 0 Å². The molecule has 0 aromatic rings. The van der Waals surface area contributed by atoms with Gasteiger partial charge in [-0.2, -0.15) is 26.3 Å².